The third-order valence-electron chi connectivity index (χ3n) is 4.84. The molecule has 2 heterocycles. The number of hydrogen-bond donors (Lipinski definition) is 1. The van der Waals surface area contributed by atoms with Crippen LogP contribution in [-0.2, 0) is 6.67 Å². The Morgan fingerprint density at radius 3 is 2.58 bits per heavy atom. The first-order chi connectivity index (χ1) is 12.6. The van der Waals surface area contributed by atoms with Crippen LogP contribution in [0, 0.1) is 15.0 Å². The van der Waals surface area contributed by atoms with Gasteiger partial charge in [-0.2, -0.15) is 0 Å². The molecule has 26 heavy (non-hydrogen) atoms. The minimum atomic E-state index is -0.398. The maximum Gasteiger partial charge on any atom is 0.274 e. The number of benzene rings is 2. The molecule has 1 aliphatic rings. The second kappa shape index (κ2) is 6.89. The number of nitro groups is 1. The average molecular weight is 371 g/mol. The molecular weight excluding hydrogens is 352 g/mol. The number of hydrogen-bond acceptors (Lipinski definition) is 5. The molecule has 0 atom stereocenters. The van der Waals surface area contributed by atoms with Gasteiger partial charge in [-0.05, 0) is 30.4 Å². The maximum atomic E-state index is 11.1. The summed E-state index contributed by atoms with van der Waals surface area (Å²) in [6, 6.07) is 15.0. The Hall–Kier alpha value is -2.71. The van der Waals surface area contributed by atoms with E-state index in [0.717, 1.165) is 26.2 Å². The van der Waals surface area contributed by atoms with Gasteiger partial charge in [0.15, 0.2) is 12.3 Å². The number of non-ortho nitro benzene ring substituents is 1. The van der Waals surface area contributed by atoms with E-state index in [-0.39, 0.29) is 5.69 Å². The largest absolute Gasteiger partial charge is 0.429 e. The molecule has 8 heteroatoms. The summed E-state index contributed by atoms with van der Waals surface area (Å²) in [6.45, 7) is 4.51. The summed E-state index contributed by atoms with van der Waals surface area (Å²) in [4.78, 5) is 14.8. The number of quaternary nitrogens is 1. The fourth-order valence-electron chi connectivity index (χ4n) is 3.42. The first-order valence-corrected chi connectivity index (χ1v) is 8.94. The van der Waals surface area contributed by atoms with Gasteiger partial charge < -0.3 is 14.2 Å². The number of oxazole rings is 1. The summed E-state index contributed by atoms with van der Waals surface area (Å²) >= 11 is 5.33. The predicted octanol–water partition coefficient (Wildman–Crippen LogP) is 2.23. The van der Waals surface area contributed by atoms with Gasteiger partial charge in [0.05, 0.1) is 36.6 Å². The van der Waals surface area contributed by atoms with Crippen LogP contribution in [0.2, 0.25) is 0 Å². The summed E-state index contributed by atoms with van der Waals surface area (Å²) in [5.41, 5.74) is 2.56. The van der Waals surface area contributed by atoms with Gasteiger partial charge >= 0.3 is 0 Å². The van der Waals surface area contributed by atoms with E-state index in [0.29, 0.717) is 22.6 Å². The normalized spacial score (nSPS) is 15.5. The fraction of sp³-hybridized carbons (Fsp3) is 0.278. The van der Waals surface area contributed by atoms with Crippen LogP contribution in [0.5, 0.6) is 0 Å². The fourth-order valence-corrected chi connectivity index (χ4v) is 3.67. The number of para-hydroxylation sites is 1. The lowest BCUT2D eigenvalue weighted by atomic mass is 10.2. The first-order valence-electron chi connectivity index (χ1n) is 8.53. The van der Waals surface area contributed by atoms with Crippen LogP contribution in [0.3, 0.4) is 0 Å². The molecule has 1 saturated heterocycles. The highest BCUT2D eigenvalue weighted by Gasteiger charge is 2.22. The predicted molar refractivity (Wildman–Crippen MR) is 101 cm³/mol. The van der Waals surface area contributed by atoms with E-state index in [4.69, 9.17) is 16.6 Å². The zero-order chi connectivity index (χ0) is 18.1. The molecular formula is C18H19N4O3S+. The Balaban J connectivity index is 1.51. The van der Waals surface area contributed by atoms with Gasteiger partial charge in [-0.15, -0.1) is 0 Å². The van der Waals surface area contributed by atoms with Crippen LogP contribution in [0.4, 0.5) is 11.4 Å². The first kappa shape index (κ1) is 16.7. The molecule has 0 bridgehead atoms. The van der Waals surface area contributed by atoms with E-state index in [1.165, 1.54) is 22.7 Å². The van der Waals surface area contributed by atoms with Crippen molar-refractivity contribution in [1.82, 2.24) is 4.57 Å². The molecule has 2 aromatic carbocycles. The topological polar surface area (TPSA) is 68.9 Å². The van der Waals surface area contributed by atoms with Crippen molar-refractivity contribution in [2.45, 2.75) is 6.67 Å². The number of aromatic nitrogens is 1. The van der Waals surface area contributed by atoms with Crippen molar-refractivity contribution < 1.29 is 14.2 Å². The van der Waals surface area contributed by atoms with Gasteiger partial charge in [0.1, 0.15) is 0 Å². The van der Waals surface area contributed by atoms with Crippen LogP contribution in [-0.4, -0.2) is 35.7 Å². The van der Waals surface area contributed by atoms with Crippen molar-refractivity contribution in [1.29, 1.82) is 0 Å². The van der Waals surface area contributed by atoms with E-state index in [2.05, 4.69) is 29.2 Å². The van der Waals surface area contributed by atoms with Crippen LogP contribution in [0.1, 0.15) is 0 Å². The number of nitrogens with zero attached hydrogens (tertiary/aromatic N) is 3. The molecule has 7 nitrogen and oxygen atoms in total. The van der Waals surface area contributed by atoms with Gasteiger partial charge in [0, 0.05) is 17.8 Å². The summed E-state index contributed by atoms with van der Waals surface area (Å²) in [5.74, 6) is 0. The molecule has 3 aromatic rings. The SMILES string of the molecule is O=[N+]([O-])c1ccc2oc(=S)n(C[NH+]3CCN(c4ccccc4)CC3)c2c1. The molecule has 1 fully saturated rings. The zero-order valence-corrected chi connectivity index (χ0v) is 14.9. The minimum Gasteiger partial charge on any atom is -0.429 e. The second-order valence-electron chi connectivity index (χ2n) is 6.44. The molecule has 0 radical (unpaired) electrons. The summed E-state index contributed by atoms with van der Waals surface area (Å²) < 4.78 is 7.46. The highest BCUT2D eigenvalue weighted by atomic mass is 32.1. The summed E-state index contributed by atoms with van der Waals surface area (Å²) in [7, 11) is 0. The molecule has 134 valence electrons. The monoisotopic (exact) mass is 371 g/mol. The lowest BCUT2D eigenvalue weighted by molar-refractivity contribution is -0.923. The third kappa shape index (κ3) is 3.21. The highest BCUT2D eigenvalue weighted by Crippen LogP contribution is 2.22. The quantitative estimate of drug-likeness (QED) is 0.433. The van der Waals surface area contributed by atoms with Crippen LogP contribution in [0.25, 0.3) is 11.1 Å². The van der Waals surface area contributed by atoms with Crippen molar-refractivity contribution >= 4 is 34.7 Å². The minimum absolute atomic E-state index is 0.0472. The number of nitro benzene ring substituents is 1. The smallest absolute Gasteiger partial charge is 0.274 e. The van der Waals surface area contributed by atoms with Gasteiger partial charge in [-0.25, -0.2) is 0 Å². The van der Waals surface area contributed by atoms with Gasteiger partial charge in [-0.3, -0.25) is 14.7 Å². The Bertz CT molecular complexity index is 991. The lowest BCUT2D eigenvalue weighted by Crippen LogP contribution is -3.14. The van der Waals surface area contributed by atoms with Crippen molar-refractivity contribution in [3.05, 3.63) is 63.5 Å². The van der Waals surface area contributed by atoms with E-state index >= 15 is 0 Å². The second-order valence-corrected chi connectivity index (χ2v) is 6.79. The highest BCUT2D eigenvalue weighted by molar-refractivity contribution is 7.71. The van der Waals surface area contributed by atoms with Crippen LogP contribution < -0.4 is 9.80 Å². The van der Waals surface area contributed by atoms with Gasteiger partial charge in [0.25, 0.3) is 10.5 Å². The molecule has 0 aliphatic carbocycles. The number of nitrogens with one attached hydrogen (secondary N) is 1. The van der Waals surface area contributed by atoms with Gasteiger partial charge in [-0.1, -0.05) is 18.2 Å². The van der Waals surface area contributed by atoms with Crippen molar-refractivity contribution in [2.24, 2.45) is 0 Å². The number of rotatable bonds is 4. The third-order valence-corrected chi connectivity index (χ3v) is 5.14. The van der Waals surface area contributed by atoms with E-state index in [1.54, 1.807) is 6.07 Å². The van der Waals surface area contributed by atoms with E-state index in [1.807, 2.05) is 10.6 Å². The van der Waals surface area contributed by atoms with Crippen molar-refractivity contribution in [2.75, 3.05) is 31.1 Å². The number of anilines is 1. The molecule has 4 rings (SSSR count). The Labute approximate surface area is 155 Å². The lowest BCUT2D eigenvalue weighted by Gasteiger charge is -2.33. The molecule has 1 aliphatic heterocycles. The van der Waals surface area contributed by atoms with E-state index < -0.39 is 4.92 Å². The van der Waals surface area contributed by atoms with Crippen LogP contribution in [0.15, 0.2) is 52.9 Å². The van der Waals surface area contributed by atoms with E-state index in [9.17, 15) is 10.1 Å². The van der Waals surface area contributed by atoms with Gasteiger partial charge in [0.2, 0.25) is 0 Å². The standard InChI is InChI=1S/C18H18N4O3S/c23-22(24)15-6-7-17-16(12-15)21(18(26)25-17)13-19-8-10-20(11-9-19)14-4-2-1-3-5-14/h1-7,12H,8-11,13H2/p+1. The average Bonchev–Trinajstić information content (AvgIpc) is 2.98. The number of piperazine rings is 1. The van der Waals surface area contributed by atoms with Crippen molar-refractivity contribution in [3.8, 4) is 0 Å². The molecule has 0 unspecified atom stereocenters. The Kier molecular flexibility index (Phi) is 4.44. The zero-order valence-electron chi connectivity index (χ0n) is 14.1. The number of fused-ring (bicyclic) bond motifs is 1. The molecule has 0 spiro atoms. The summed E-state index contributed by atoms with van der Waals surface area (Å²) in [5, 5.41) is 11.1. The Morgan fingerprint density at radius 2 is 1.88 bits per heavy atom. The van der Waals surface area contributed by atoms with Crippen molar-refractivity contribution in [3.63, 3.8) is 0 Å². The van der Waals surface area contributed by atoms with Crippen LogP contribution >= 0.6 is 12.2 Å². The molecule has 0 amide bonds. The molecule has 1 N–H and O–H groups in total. The summed E-state index contributed by atoms with van der Waals surface area (Å²) in [6.07, 6.45) is 0. The Morgan fingerprint density at radius 1 is 1.15 bits per heavy atom. The molecule has 1 aromatic heterocycles. The molecule has 0 saturated carbocycles. The maximum absolute atomic E-state index is 11.1.